The van der Waals surface area contributed by atoms with E-state index in [-0.39, 0.29) is 35.8 Å². The van der Waals surface area contributed by atoms with Crippen molar-refractivity contribution in [1.29, 1.82) is 0 Å². The predicted molar refractivity (Wildman–Crippen MR) is 150 cm³/mol. The molecule has 0 spiro atoms. The second-order valence-electron chi connectivity index (χ2n) is 8.92. The highest BCUT2D eigenvalue weighted by Crippen LogP contribution is 2.31. The van der Waals surface area contributed by atoms with Gasteiger partial charge in [0.1, 0.15) is 5.69 Å². The molecule has 4 rings (SSSR count). The third-order valence-corrected chi connectivity index (χ3v) is 6.97. The minimum absolute atomic E-state index is 0.00974. The first-order valence-electron chi connectivity index (χ1n) is 12.5. The molecule has 0 fully saturated rings. The number of hydrogen-bond donors (Lipinski definition) is 1. The van der Waals surface area contributed by atoms with Crippen molar-refractivity contribution >= 4 is 45.1 Å². The quantitative estimate of drug-likeness (QED) is 0.303. The van der Waals surface area contributed by atoms with Gasteiger partial charge in [0.25, 0.3) is 11.5 Å². The van der Waals surface area contributed by atoms with Gasteiger partial charge in [-0.05, 0) is 37.3 Å². The molecular formula is C29H29N3O6S. The van der Waals surface area contributed by atoms with E-state index in [1.54, 1.807) is 43.5 Å². The van der Waals surface area contributed by atoms with Gasteiger partial charge < -0.3 is 14.0 Å². The number of ether oxygens (including phenoxy) is 2. The van der Waals surface area contributed by atoms with Crippen LogP contribution in [0.2, 0.25) is 0 Å². The molecule has 0 aliphatic heterocycles. The third kappa shape index (κ3) is 6.06. The molecule has 2 heterocycles. The number of thiazole rings is 1. The number of aromatic nitrogens is 2. The Morgan fingerprint density at radius 1 is 1.05 bits per heavy atom. The van der Waals surface area contributed by atoms with Gasteiger partial charge in [-0.25, -0.2) is 9.78 Å². The van der Waals surface area contributed by atoms with Crippen molar-refractivity contribution in [3.05, 3.63) is 81.2 Å². The Hall–Kier alpha value is -4.31. The number of pyridine rings is 1. The van der Waals surface area contributed by atoms with Crippen LogP contribution in [-0.4, -0.2) is 40.1 Å². The lowest BCUT2D eigenvalue weighted by atomic mass is 9.96. The smallest absolute Gasteiger partial charge is 0.356 e. The van der Waals surface area contributed by atoms with Crippen LogP contribution in [0.1, 0.15) is 42.0 Å². The second-order valence-corrected chi connectivity index (χ2v) is 9.77. The summed E-state index contributed by atoms with van der Waals surface area (Å²) in [7, 11) is 1.52. The highest BCUT2D eigenvalue weighted by atomic mass is 32.1. The number of aryl methyl sites for hydroxylation is 1. The van der Waals surface area contributed by atoms with Gasteiger partial charge in [-0.2, -0.15) is 0 Å². The zero-order chi connectivity index (χ0) is 28.1. The summed E-state index contributed by atoms with van der Waals surface area (Å²) in [5, 5.41) is 5.66. The van der Waals surface area contributed by atoms with Gasteiger partial charge in [-0.3, -0.25) is 19.7 Å². The highest BCUT2D eigenvalue weighted by molar-refractivity contribution is 7.13. The first kappa shape index (κ1) is 27.7. The van der Waals surface area contributed by atoms with E-state index in [0.29, 0.717) is 22.0 Å². The van der Waals surface area contributed by atoms with Crippen molar-refractivity contribution in [1.82, 2.24) is 9.55 Å². The minimum Gasteiger partial charge on any atom is -0.466 e. The number of benzene rings is 2. The number of anilines is 1. The standard InChI is InChI=1S/C29H29N3O6S/c1-5-22(26(34)31-29-30-19(16-39-29)15-23(33)37-6-2)38-28(36)25-24(18-13-11-17(3)12-14-18)20-9-7-8-10-21(20)27(35)32(25)4/h7-14,16,22H,5-6,15H2,1-4H3,(H,30,31,34). The fourth-order valence-corrected chi connectivity index (χ4v) is 4.93. The van der Waals surface area contributed by atoms with Crippen molar-refractivity contribution in [3.63, 3.8) is 0 Å². The van der Waals surface area contributed by atoms with Crippen molar-refractivity contribution in [2.45, 2.75) is 39.7 Å². The van der Waals surface area contributed by atoms with E-state index in [2.05, 4.69) is 10.3 Å². The Morgan fingerprint density at radius 3 is 2.41 bits per heavy atom. The van der Waals surface area contributed by atoms with Crippen LogP contribution in [0.25, 0.3) is 21.9 Å². The van der Waals surface area contributed by atoms with Crippen LogP contribution >= 0.6 is 11.3 Å². The van der Waals surface area contributed by atoms with Gasteiger partial charge in [0.15, 0.2) is 11.2 Å². The number of nitrogens with zero attached hydrogens (tertiary/aromatic N) is 2. The molecule has 2 aromatic heterocycles. The van der Waals surface area contributed by atoms with Crippen molar-refractivity contribution in [2.75, 3.05) is 11.9 Å². The van der Waals surface area contributed by atoms with Crippen LogP contribution in [0.5, 0.6) is 0 Å². The number of hydrogen-bond acceptors (Lipinski definition) is 8. The molecule has 1 N–H and O–H groups in total. The maximum Gasteiger partial charge on any atom is 0.356 e. The molecule has 39 heavy (non-hydrogen) atoms. The zero-order valence-corrected chi connectivity index (χ0v) is 23.0. The summed E-state index contributed by atoms with van der Waals surface area (Å²) in [6.45, 7) is 5.66. The Bertz CT molecular complexity index is 1590. The summed E-state index contributed by atoms with van der Waals surface area (Å²) < 4.78 is 11.9. The van der Waals surface area contributed by atoms with E-state index in [4.69, 9.17) is 9.47 Å². The molecule has 10 heteroatoms. The zero-order valence-electron chi connectivity index (χ0n) is 22.1. The SMILES string of the molecule is CCOC(=O)Cc1csc(NC(=O)C(CC)OC(=O)c2c(-c3ccc(C)cc3)c3ccccc3c(=O)n2C)n1. The molecule has 1 atom stereocenters. The second kappa shape index (κ2) is 12.0. The Kier molecular flexibility index (Phi) is 8.55. The number of nitrogens with one attached hydrogen (secondary N) is 1. The Labute approximate surface area is 229 Å². The third-order valence-electron chi connectivity index (χ3n) is 6.16. The Balaban J connectivity index is 1.63. The molecule has 202 valence electrons. The van der Waals surface area contributed by atoms with Crippen LogP contribution in [-0.2, 0) is 32.5 Å². The van der Waals surface area contributed by atoms with Crippen molar-refractivity contribution in [2.24, 2.45) is 7.05 Å². The van der Waals surface area contributed by atoms with E-state index in [1.165, 1.54) is 11.6 Å². The van der Waals surface area contributed by atoms with E-state index in [9.17, 15) is 19.2 Å². The highest BCUT2D eigenvalue weighted by Gasteiger charge is 2.28. The fourth-order valence-electron chi connectivity index (χ4n) is 4.22. The predicted octanol–water partition coefficient (Wildman–Crippen LogP) is 4.65. The summed E-state index contributed by atoms with van der Waals surface area (Å²) >= 11 is 1.15. The maximum atomic E-state index is 13.6. The lowest BCUT2D eigenvalue weighted by molar-refractivity contribution is -0.142. The van der Waals surface area contributed by atoms with Gasteiger partial charge in [0.05, 0.1) is 18.7 Å². The number of carbonyl (C=O) groups is 3. The van der Waals surface area contributed by atoms with Crippen molar-refractivity contribution in [3.8, 4) is 11.1 Å². The van der Waals surface area contributed by atoms with E-state index in [1.807, 2.05) is 31.2 Å². The molecule has 1 amide bonds. The first-order valence-corrected chi connectivity index (χ1v) is 13.4. The Morgan fingerprint density at radius 2 is 1.74 bits per heavy atom. The average Bonchev–Trinajstić information content (AvgIpc) is 3.35. The molecule has 0 saturated carbocycles. The molecule has 2 aromatic carbocycles. The van der Waals surface area contributed by atoms with Crippen LogP contribution in [0.4, 0.5) is 5.13 Å². The van der Waals surface area contributed by atoms with Crippen LogP contribution in [0.15, 0.2) is 58.7 Å². The fraction of sp³-hybridized carbons (Fsp3) is 0.276. The lowest BCUT2D eigenvalue weighted by Crippen LogP contribution is -2.34. The van der Waals surface area contributed by atoms with Crippen LogP contribution in [0, 0.1) is 6.92 Å². The van der Waals surface area contributed by atoms with Crippen LogP contribution < -0.4 is 10.9 Å². The molecule has 1 unspecified atom stereocenters. The molecule has 0 saturated heterocycles. The maximum absolute atomic E-state index is 13.6. The van der Waals surface area contributed by atoms with E-state index < -0.39 is 23.9 Å². The topological polar surface area (TPSA) is 117 Å². The number of esters is 2. The summed E-state index contributed by atoms with van der Waals surface area (Å²) in [5.41, 5.74) is 2.52. The molecule has 4 aromatic rings. The van der Waals surface area contributed by atoms with Crippen molar-refractivity contribution < 1.29 is 23.9 Å². The van der Waals surface area contributed by atoms with Gasteiger partial charge >= 0.3 is 11.9 Å². The number of rotatable bonds is 9. The van der Waals surface area contributed by atoms with E-state index in [0.717, 1.165) is 22.5 Å². The van der Waals surface area contributed by atoms with E-state index >= 15 is 0 Å². The summed E-state index contributed by atoms with van der Waals surface area (Å²) in [6, 6.07) is 14.7. The van der Waals surface area contributed by atoms with Gasteiger partial charge in [0, 0.05) is 23.4 Å². The average molecular weight is 548 g/mol. The van der Waals surface area contributed by atoms with Gasteiger partial charge in [0.2, 0.25) is 0 Å². The molecule has 0 radical (unpaired) electrons. The number of amides is 1. The van der Waals surface area contributed by atoms with Gasteiger partial charge in [-0.1, -0.05) is 55.0 Å². The summed E-state index contributed by atoms with van der Waals surface area (Å²) in [4.78, 5) is 55.8. The molecule has 0 aliphatic rings. The normalized spacial score (nSPS) is 11.7. The summed E-state index contributed by atoms with van der Waals surface area (Å²) in [6.07, 6.45) is -0.952. The largest absolute Gasteiger partial charge is 0.466 e. The van der Waals surface area contributed by atoms with Gasteiger partial charge in [-0.15, -0.1) is 11.3 Å². The number of fused-ring (bicyclic) bond motifs is 1. The minimum atomic E-state index is -1.14. The number of carbonyl (C=O) groups excluding carboxylic acids is 3. The van der Waals surface area contributed by atoms with Crippen LogP contribution in [0.3, 0.4) is 0 Å². The molecule has 0 bridgehead atoms. The monoisotopic (exact) mass is 547 g/mol. The first-order chi connectivity index (χ1) is 18.7. The summed E-state index contributed by atoms with van der Waals surface area (Å²) in [5.74, 6) is -1.77. The molecular weight excluding hydrogens is 518 g/mol. The lowest BCUT2D eigenvalue weighted by Gasteiger charge is -2.20. The molecule has 9 nitrogen and oxygen atoms in total. The molecule has 0 aliphatic carbocycles.